The van der Waals surface area contributed by atoms with Gasteiger partial charge in [-0.2, -0.15) is 4.31 Å². The largest absolute Gasteiger partial charge is 0.323 e. The van der Waals surface area contributed by atoms with Crippen molar-refractivity contribution in [2.75, 3.05) is 23.3 Å². The zero-order valence-electron chi connectivity index (χ0n) is 19.3. The van der Waals surface area contributed by atoms with Crippen molar-refractivity contribution in [1.82, 2.24) is 4.31 Å². The van der Waals surface area contributed by atoms with Crippen LogP contribution in [0.25, 0.3) is 0 Å². The summed E-state index contributed by atoms with van der Waals surface area (Å²) in [6.07, 6.45) is 3.02. The highest BCUT2D eigenvalue weighted by Gasteiger charge is 2.40. The van der Waals surface area contributed by atoms with E-state index in [1.54, 1.807) is 23.1 Å². The zero-order chi connectivity index (χ0) is 24.9. The van der Waals surface area contributed by atoms with Gasteiger partial charge in [-0.15, -0.1) is 0 Å². The molecule has 2 aromatic rings. The van der Waals surface area contributed by atoms with Crippen LogP contribution in [-0.4, -0.2) is 43.7 Å². The van der Waals surface area contributed by atoms with Gasteiger partial charge < -0.3 is 10.2 Å². The topological polar surface area (TPSA) is 86.8 Å². The molecule has 186 valence electrons. The molecule has 2 heterocycles. The molecule has 1 N–H and O–H groups in total. The minimum absolute atomic E-state index is 0.00347. The van der Waals surface area contributed by atoms with Gasteiger partial charge in [0.25, 0.3) is 0 Å². The number of hydrogen-bond donors (Lipinski definition) is 1. The summed E-state index contributed by atoms with van der Waals surface area (Å²) < 4.78 is 54.9. The van der Waals surface area contributed by atoms with E-state index in [0.717, 1.165) is 36.2 Å². The lowest BCUT2D eigenvalue weighted by Gasteiger charge is -2.30. The molecule has 1 aliphatic carbocycles. The first-order valence-electron chi connectivity index (χ1n) is 11.9. The first-order valence-corrected chi connectivity index (χ1v) is 13.3. The van der Waals surface area contributed by atoms with Gasteiger partial charge in [-0.1, -0.05) is 0 Å². The monoisotopic (exact) mass is 503 g/mol. The van der Waals surface area contributed by atoms with Crippen molar-refractivity contribution >= 4 is 33.2 Å². The summed E-state index contributed by atoms with van der Waals surface area (Å²) >= 11 is 0. The van der Waals surface area contributed by atoms with Gasteiger partial charge in [-0.3, -0.25) is 9.59 Å². The lowest BCUT2D eigenvalue weighted by Crippen LogP contribution is -2.41. The van der Waals surface area contributed by atoms with E-state index in [1.165, 1.54) is 4.31 Å². The second-order valence-electron chi connectivity index (χ2n) is 9.62. The molecule has 0 unspecified atom stereocenters. The Hall–Kier alpha value is -2.85. The highest BCUT2D eigenvalue weighted by atomic mass is 32.2. The van der Waals surface area contributed by atoms with Gasteiger partial charge in [-0.25, -0.2) is 17.2 Å². The number of carbonyl (C=O) groups excluding carboxylic acids is 2. The van der Waals surface area contributed by atoms with Gasteiger partial charge in [-0.05, 0) is 74.9 Å². The summed E-state index contributed by atoms with van der Waals surface area (Å²) in [5.41, 5.74) is 1.54. The second-order valence-corrected chi connectivity index (χ2v) is 11.6. The third-order valence-corrected chi connectivity index (χ3v) is 8.98. The molecule has 2 aromatic carbocycles. The van der Waals surface area contributed by atoms with Gasteiger partial charge >= 0.3 is 0 Å². The number of nitrogens with zero attached hydrogens (tertiary/aromatic N) is 2. The Morgan fingerprint density at radius 2 is 1.69 bits per heavy atom. The molecule has 2 amide bonds. The third kappa shape index (κ3) is 4.56. The molecule has 35 heavy (non-hydrogen) atoms. The van der Waals surface area contributed by atoms with Crippen molar-refractivity contribution in [3.05, 3.63) is 53.6 Å². The fraction of sp³-hybridized carbons (Fsp3) is 0.440. The van der Waals surface area contributed by atoms with Gasteiger partial charge in [0.1, 0.15) is 11.6 Å². The van der Waals surface area contributed by atoms with Crippen LogP contribution in [0, 0.1) is 23.5 Å². The number of carbonyl (C=O) groups is 2. The molecule has 0 spiro atoms. The summed E-state index contributed by atoms with van der Waals surface area (Å²) in [4.78, 5) is 27.2. The van der Waals surface area contributed by atoms with E-state index in [-0.39, 0.29) is 41.5 Å². The summed E-state index contributed by atoms with van der Waals surface area (Å²) in [6.45, 7) is 2.29. The van der Waals surface area contributed by atoms with Gasteiger partial charge in [0, 0.05) is 42.7 Å². The first kappa shape index (κ1) is 23.9. The van der Waals surface area contributed by atoms with Gasteiger partial charge in [0.05, 0.1) is 10.6 Å². The minimum Gasteiger partial charge on any atom is -0.323 e. The van der Waals surface area contributed by atoms with Gasteiger partial charge in [0.15, 0.2) is 0 Å². The van der Waals surface area contributed by atoms with Gasteiger partial charge in [0.2, 0.25) is 21.8 Å². The average molecular weight is 504 g/mol. The Kier molecular flexibility index (Phi) is 6.13. The maximum Gasteiger partial charge on any atom is 0.243 e. The van der Waals surface area contributed by atoms with Crippen molar-refractivity contribution < 1.29 is 26.8 Å². The number of fused-ring (bicyclic) bond motifs is 1. The van der Waals surface area contributed by atoms with E-state index in [2.05, 4.69) is 5.32 Å². The summed E-state index contributed by atoms with van der Waals surface area (Å²) in [5.74, 6) is -2.28. The molecule has 5 rings (SSSR count). The molecule has 1 saturated carbocycles. The second kappa shape index (κ2) is 8.98. The summed E-state index contributed by atoms with van der Waals surface area (Å²) in [6, 6.07) is 7.86. The molecule has 1 atom stereocenters. The van der Waals surface area contributed by atoms with Crippen LogP contribution in [0.5, 0.6) is 0 Å². The van der Waals surface area contributed by atoms with E-state index >= 15 is 0 Å². The Balaban J connectivity index is 1.25. The van der Waals surface area contributed by atoms with Crippen LogP contribution in [0.1, 0.15) is 38.2 Å². The fourth-order valence-electron chi connectivity index (χ4n) is 4.96. The van der Waals surface area contributed by atoms with Crippen LogP contribution in [0.3, 0.4) is 0 Å². The number of anilines is 2. The van der Waals surface area contributed by atoms with E-state index in [4.69, 9.17) is 0 Å². The number of nitrogens with one attached hydrogen (secondary N) is 1. The predicted molar refractivity (Wildman–Crippen MR) is 126 cm³/mol. The predicted octanol–water partition coefficient (Wildman–Crippen LogP) is 3.69. The van der Waals surface area contributed by atoms with Crippen LogP contribution in [-0.2, 0) is 26.0 Å². The van der Waals surface area contributed by atoms with Crippen molar-refractivity contribution in [3.63, 3.8) is 0 Å². The number of halogens is 2. The molecule has 2 aliphatic heterocycles. The lowest BCUT2D eigenvalue weighted by molar-refractivity contribution is -0.121. The molecule has 1 saturated heterocycles. The normalized spacial score (nSPS) is 21.1. The highest BCUT2D eigenvalue weighted by Crippen LogP contribution is 2.40. The molecule has 0 aromatic heterocycles. The van der Waals surface area contributed by atoms with Crippen molar-refractivity contribution in [2.45, 2.75) is 50.0 Å². The van der Waals surface area contributed by atoms with Crippen LogP contribution < -0.4 is 10.2 Å². The maximum atomic E-state index is 13.8. The van der Waals surface area contributed by atoms with E-state index in [9.17, 15) is 26.8 Å². The minimum atomic E-state index is -3.77. The number of benzene rings is 2. The Morgan fingerprint density at radius 3 is 2.34 bits per heavy atom. The standard InChI is InChI=1S/C25H27F2N3O4S/c1-15-12-18-13-20(5-7-23(18)30(15)25(32)17-2-3-17)35(33,34)29-10-8-16(9-11-29)24(31)28-22-6-4-19(26)14-21(22)27/h4-7,13-17H,2-3,8-12H2,1H3,(H,28,31)/t15-/m1/s1. The number of hydrogen-bond acceptors (Lipinski definition) is 4. The van der Waals surface area contributed by atoms with Crippen LogP contribution in [0.15, 0.2) is 41.3 Å². The third-order valence-electron chi connectivity index (χ3n) is 7.08. The van der Waals surface area contributed by atoms with Crippen molar-refractivity contribution in [1.29, 1.82) is 0 Å². The molecular weight excluding hydrogens is 476 g/mol. The van der Waals surface area contributed by atoms with Crippen LogP contribution in [0.2, 0.25) is 0 Å². The van der Waals surface area contributed by atoms with Crippen molar-refractivity contribution in [3.8, 4) is 0 Å². The molecule has 0 bridgehead atoms. The smallest absolute Gasteiger partial charge is 0.243 e. The fourth-order valence-corrected chi connectivity index (χ4v) is 6.48. The maximum absolute atomic E-state index is 13.8. The number of amides is 2. The van der Waals surface area contributed by atoms with Crippen molar-refractivity contribution in [2.24, 2.45) is 11.8 Å². The molecule has 0 radical (unpaired) electrons. The first-order chi connectivity index (χ1) is 16.6. The zero-order valence-corrected chi connectivity index (χ0v) is 20.2. The molecule has 2 fully saturated rings. The average Bonchev–Trinajstić information content (AvgIpc) is 3.62. The summed E-state index contributed by atoms with van der Waals surface area (Å²) in [7, 11) is -3.77. The summed E-state index contributed by atoms with van der Waals surface area (Å²) in [5, 5.41) is 2.47. The van der Waals surface area contributed by atoms with E-state index in [1.807, 2.05) is 6.92 Å². The number of rotatable bonds is 5. The SMILES string of the molecule is C[C@@H]1Cc2cc(S(=O)(=O)N3CCC(C(=O)Nc4ccc(F)cc4F)CC3)ccc2N1C(=O)C1CC1. The van der Waals surface area contributed by atoms with Crippen LogP contribution in [0.4, 0.5) is 20.2 Å². The van der Waals surface area contributed by atoms with Crippen LogP contribution >= 0.6 is 0 Å². The number of piperidine rings is 1. The highest BCUT2D eigenvalue weighted by molar-refractivity contribution is 7.89. The Bertz CT molecular complexity index is 1290. The van der Waals surface area contributed by atoms with E-state index < -0.39 is 33.5 Å². The molecule has 7 nitrogen and oxygen atoms in total. The Morgan fingerprint density at radius 1 is 0.971 bits per heavy atom. The Labute approximate surface area is 203 Å². The molecule has 3 aliphatic rings. The number of sulfonamides is 1. The lowest BCUT2D eigenvalue weighted by atomic mass is 9.97. The van der Waals surface area contributed by atoms with E-state index in [0.29, 0.717) is 25.3 Å². The quantitative estimate of drug-likeness (QED) is 0.674. The molecule has 10 heteroatoms. The molecular formula is C25H27F2N3O4S.